The second kappa shape index (κ2) is 5.57. The minimum Gasteiger partial charge on any atom is -0.351 e. The number of nitrogens with one attached hydrogen (secondary N) is 1. The van der Waals surface area contributed by atoms with Gasteiger partial charge in [-0.25, -0.2) is 4.39 Å². The first-order valence-corrected chi connectivity index (χ1v) is 5.44. The maximum atomic E-state index is 12.6. The summed E-state index contributed by atoms with van der Waals surface area (Å²) >= 11 is 0. The van der Waals surface area contributed by atoms with Crippen molar-refractivity contribution in [1.29, 1.82) is 0 Å². The lowest BCUT2D eigenvalue weighted by Crippen LogP contribution is -2.37. The first kappa shape index (κ1) is 14.1. The van der Waals surface area contributed by atoms with Crippen LogP contribution >= 0.6 is 0 Å². The summed E-state index contributed by atoms with van der Waals surface area (Å²) in [5.74, 6) is -0.386. The van der Waals surface area contributed by atoms with Crippen LogP contribution in [0.3, 0.4) is 0 Å². The smallest absolute Gasteiger partial charge is 0.269 e. The third-order valence-corrected chi connectivity index (χ3v) is 2.55. The Labute approximate surface area is 104 Å². The molecule has 0 atom stereocenters. The maximum Gasteiger partial charge on any atom is 0.269 e. The molecule has 0 unspecified atom stereocenters. The molecule has 0 saturated carbocycles. The zero-order valence-corrected chi connectivity index (χ0v) is 10.3. The first-order chi connectivity index (χ1) is 8.36. The minimum absolute atomic E-state index is 0.00540. The lowest BCUT2D eigenvalue weighted by molar-refractivity contribution is -0.384. The third kappa shape index (κ3) is 3.51. The van der Waals surface area contributed by atoms with Crippen molar-refractivity contribution in [2.45, 2.75) is 20.4 Å². The number of carbonyl (C=O) groups is 1. The predicted molar refractivity (Wildman–Crippen MR) is 64.7 cm³/mol. The van der Waals surface area contributed by atoms with Gasteiger partial charge in [0, 0.05) is 18.7 Å². The van der Waals surface area contributed by atoms with Gasteiger partial charge in [-0.1, -0.05) is 12.1 Å². The van der Waals surface area contributed by atoms with Crippen molar-refractivity contribution >= 4 is 11.6 Å². The number of hydrogen-bond donors (Lipinski definition) is 1. The van der Waals surface area contributed by atoms with Crippen molar-refractivity contribution in [3.63, 3.8) is 0 Å². The summed E-state index contributed by atoms with van der Waals surface area (Å²) < 4.78 is 12.6. The van der Waals surface area contributed by atoms with Crippen LogP contribution in [-0.2, 0) is 11.3 Å². The van der Waals surface area contributed by atoms with Crippen LogP contribution in [-0.4, -0.2) is 17.5 Å². The van der Waals surface area contributed by atoms with Crippen molar-refractivity contribution in [3.05, 3.63) is 39.9 Å². The van der Waals surface area contributed by atoms with E-state index in [1.165, 1.54) is 26.0 Å². The number of rotatable bonds is 5. The molecule has 1 N–H and O–H groups in total. The summed E-state index contributed by atoms with van der Waals surface area (Å²) in [7, 11) is 0. The molecule has 98 valence electrons. The number of carbonyl (C=O) groups excluding carboxylic acids is 1. The predicted octanol–water partition coefficient (Wildman–Crippen LogP) is 2.21. The summed E-state index contributed by atoms with van der Waals surface area (Å²) in [4.78, 5) is 21.5. The van der Waals surface area contributed by atoms with Gasteiger partial charge in [-0.15, -0.1) is 0 Å². The quantitative estimate of drug-likeness (QED) is 0.646. The fraction of sp³-hybridized carbons (Fsp3) is 0.417. The van der Waals surface area contributed by atoms with Crippen LogP contribution in [0, 0.1) is 15.5 Å². The van der Waals surface area contributed by atoms with Gasteiger partial charge < -0.3 is 5.32 Å². The van der Waals surface area contributed by atoms with E-state index in [-0.39, 0.29) is 18.1 Å². The van der Waals surface area contributed by atoms with Crippen molar-refractivity contribution in [3.8, 4) is 0 Å². The van der Waals surface area contributed by atoms with E-state index in [4.69, 9.17) is 0 Å². The molecule has 0 spiro atoms. The Balaban J connectivity index is 2.59. The van der Waals surface area contributed by atoms with E-state index in [0.717, 1.165) is 5.56 Å². The standard InChI is InChI=1S/C12H15FN2O3/c1-12(2,8-13)11(16)14-7-9-3-5-10(6-4-9)15(17)18/h3-6H,7-8H2,1-2H3,(H,14,16). The molecule has 1 rings (SSSR count). The summed E-state index contributed by atoms with van der Waals surface area (Å²) in [5.41, 5.74) is -0.335. The highest BCUT2D eigenvalue weighted by molar-refractivity contribution is 5.81. The third-order valence-electron chi connectivity index (χ3n) is 2.55. The van der Waals surface area contributed by atoms with Gasteiger partial charge in [-0.3, -0.25) is 14.9 Å². The lowest BCUT2D eigenvalue weighted by Gasteiger charge is -2.19. The van der Waals surface area contributed by atoms with Crippen molar-refractivity contribution in [2.24, 2.45) is 5.41 Å². The number of alkyl halides is 1. The van der Waals surface area contributed by atoms with Crippen LogP contribution in [0.25, 0.3) is 0 Å². The Kier molecular flexibility index (Phi) is 4.36. The van der Waals surface area contributed by atoms with E-state index < -0.39 is 17.0 Å². The molecule has 0 aliphatic rings. The van der Waals surface area contributed by atoms with Crippen molar-refractivity contribution in [1.82, 2.24) is 5.32 Å². The fourth-order valence-corrected chi connectivity index (χ4v) is 1.22. The van der Waals surface area contributed by atoms with Gasteiger partial charge in [0.15, 0.2) is 0 Å². The molecule has 1 aromatic rings. The second-order valence-electron chi connectivity index (χ2n) is 4.62. The van der Waals surface area contributed by atoms with E-state index in [1.807, 2.05) is 0 Å². The molecule has 0 aliphatic heterocycles. The lowest BCUT2D eigenvalue weighted by atomic mass is 9.94. The van der Waals surface area contributed by atoms with E-state index in [0.29, 0.717) is 0 Å². The Morgan fingerprint density at radius 1 is 1.39 bits per heavy atom. The van der Waals surface area contributed by atoms with Gasteiger partial charge in [0.05, 0.1) is 10.3 Å². The Morgan fingerprint density at radius 3 is 2.39 bits per heavy atom. The van der Waals surface area contributed by atoms with Crippen LogP contribution in [0.1, 0.15) is 19.4 Å². The molecule has 5 nitrogen and oxygen atoms in total. The van der Waals surface area contributed by atoms with Crippen LogP contribution in [0.4, 0.5) is 10.1 Å². The van der Waals surface area contributed by atoms with Crippen LogP contribution in [0.15, 0.2) is 24.3 Å². The Hall–Kier alpha value is -1.98. The SMILES string of the molecule is CC(C)(CF)C(=O)NCc1ccc([N+](=O)[O-])cc1. The first-order valence-electron chi connectivity index (χ1n) is 5.44. The highest BCUT2D eigenvalue weighted by Gasteiger charge is 2.27. The Morgan fingerprint density at radius 2 is 1.94 bits per heavy atom. The van der Waals surface area contributed by atoms with Crippen molar-refractivity contribution < 1.29 is 14.1 Å². The average Bonchev–Trinajstić information content (AvgIpc) is 2.36. The topological polar surface area (TPSA) is 72.2 Å². The highest BCUT2D eigenvalue weighted by atomic mass is 19.1. The fourth-order valence-electron chi connectivity index (χ4n) is 1.22. The summed E-state index contributed by atoms with van der Waals surface area (Å²) in [6.07, 6.45) is 0. The molecule has 0 fully saturated rings. The molecular weight excluding hydrogens is 239 g/mol. The normalized spacial score (nSPS) is 11.1. The number of halogens is 1. The zero-order chi connectivity index (χ0) is 13.8. The average molecular weight is 254 g/mol. The summed E-state index contributed by atoms with van der Waals surface area (Å²) in [5, 5.41) is 13.0. The van der Waals surface area contributed by atoms with Gasteiger partial charge in [0.1, 0.15) is 6.67 Å². The number of hydrogen-bond acceptors (Lipinski definition) is 3. The maximum absolute atomic E-state index is 12.6. The molecule has 1 aromatic carbocycles. The largest absolute Gasteiger partial charge is 0.351 e. The molecule has 1 amide bonds. The molecule has 0 saturated heterocycles. The van der Waals surface area contributed by atoms with E-state index >= 15 is 0 Å². The van der Waals surface area contributed by atoms with E-state index in [1.54, 1.807) is 12.1 Å². The molecular formula is C12H15FN2O3. The van der Waals surface area contributed by atoms with Crippen LogP contribution in [0.5, 0.6) is 0 Å². The van der Waals surface area contributed by atoms with E-state index in [2.05, 4.69) is 5.32 Å². The number of nitro benzene ring substituents is 1. The number of amides is 1. The zero-order valence-electron chi connectivity index (χ0n) is 10.3. The monoisotopic (exact) mass is 254 g/mol. The van der Waals surface area contributed by atoms with Gasteiger partial charge in [0.2, 0.25) is 5.91 Å². The van der Waals surface area contributed by atoms with Crippen LogP contribution in [0.2, 0.25) is 0 Å². The van der Waals surface area contributed by atoms with Gasteiger partial charge in [-0.2, -0.15) is 0 Å². The second-order valence-corrected chi connectivity index (χ2v) is 4.62. The number of nitro groups is 1. The number of benzene rings is 1. The molecule has 0 bridgehead atoms. The molecule has 0 heterocycles. The van der Waals surface area contributed by atoms with Gasteiger partial charge >= 0.3 is 0 Å². The Bertz CT molecular complexity index is 443. The molecule has 6 heteroatoms. The molecule has 18 heavy (non-hydrogen) atoms. The van der Waals surface area contributed by atoms with Gasteiger partial charge in [-0.05, 0) is 19.4 Å². The molecule has 0 radical (unpaired) electrons. The number of nitrogens with zero attached hydrogens (tertiary/aromatic N) is 1. The van der Waals surface area contributed by atoms with Gasteiger partial charge in [0.25, 0.3) is 5.69 Å². The highest BCUT2D eigenvalue weighted by Crippen LogP contribution is 2.16. The summed E-state index contributed by atoms with van der Waals surface area (Å²) in [6.45, 7) is 2.51. The minimum atomic E-state index is -1.05. The molecule has 0 aromatic heterocycles. The number of non-ortho nitro benzene ring substituents is 1. The van der Waals surface area contributed by atoms with E-state index in [9.17, 15) is 19.3 Å². The summed E-state index contributed by atoms with van der Waals surface area (Å²) in [6, 6.07) is 5.84. The van der Waals surface area contributed by atoms with Crippen LogP contribution < -0.4 is 5.32 Å². The molecule has 0 aliphatic carbocycles. The van der Waals surface area contributed by atoms with Crippen molar-refractivity contribution in [2.75, 3.05) is 6.67 Å².